The summed E-state index contributed by atoms with van der Waals surface area (Å²) in [7, 11) is 0. The largest absolute Gasteiger partial charge is 0.490 e. The van der Waals surface area contributed by atoms with Crippen molar-refractivity contribution < 1.29 is 45.4 Å². The summed E-state index contributed by atoms with van der Waals surface area (Å²) in [6.45, 7) is 0. The third-order valence-corrected chi connectivity index (χ3v) is 2.26. The van der Waals surface area contributed by atoms with E-state index in [0.29, 0.717) is 0 Å². The molecule has 1 aliphatic rings. The van der Waals surface area contributed by atoms with Gasteiger partial charge in [0.05, 0.1) is 0 Å². The molecule has 114 valence electrons. The maximum atomic E-state index is 11.9. The van der Waals surface area contributed by atoms with E-state index in [4.69, 9.17) is 0 Å². The first-order chi connectivity index (χ1) is 9.00. The summed E-state index contributed by atoms with van der Waals surface area (Å²) < 4.78 is 79.5. The number of ether oxygens (including phenoxy) is 2. The van der Waals surface area contributed by atoms with Crippen molar-refractivity contribution in [3.63, 3.8) is 0 Å². The van der Waals surface area contributed by atoms with Gasteiger partial charge in [0.15, 0.2) is 0 Å². The van der Waals surface area contributed by atoms with Crippen LogP contribution in [0.2, 0.25) is 0 Å². The van der Waals surface area contributed by atoms with Crippen LogP contribution in [-0.2, 0) is 19.1 Å². The molecule has 0 aromatic carbocycles. The van der Waals surface area contributed by atoms with Crippen molar-refractivity contribution >= 4 is 11.9 Å². The molecule has 1 aliphatic carbocycles. The standard InChI is InChI=1S/C10H8F6O4/c11-9(12,13)7(17)19-5-1-2-6(4-3-5)20-8(18)10(14,15)16/h1-2,5-6H,3-4H2/t5-,6-/m1/s1. The van der Waals surface area contributed by atoms with Gasteiger partial charge in [-0.15, -0.1) is 0 Å². The second-order valence-electron chi connectivity index (χ2n) is 3.85. The molecule has 2 atom stereocenters. The molecule has 0 heterocycles. The normalized spacial score (nSPS) is 23.3. The molecule has 0 bridgehead atoms. The Bertz CT molecular complexity index is 373. The Labute approximate surface area is 108 Å². The van der Waals surface area contributed by atoms with Gasteiger partial charge in [0, 0.05) is 0 Å². The number of carbonyl (C=O) groups excluding carboxylic acids is 2. The van der Waals surface area contributed by atoms with Crippen LogP contribution in [0.5, 0.6) is 0 Å². The van der Waals surface area contributed by atoms with Crippen LogP contribution in [0.3, 0.4) is 0 Å². The van der Waals surface area contributed by atoms with Crippen LogP contribution in [0, 0.1) is 0 Å². The van der Waals surface area contributed by atoms with Crippen molar-refractivity contribution in [1.82, 2.24) is 0 Å². The highest BCUT2D eigenvalue weighted by Crippen LogP contribution is 2.24. The Morgan fingerprint density at radius 1 is 0.800 bits per heavy atom. The topological polar surface area (TPSA) is 52.6 Å². The minimum atomic E-state index is -5.15. The minimum absolute atomic E-state index is 0.186. The van der Waals surface area contributed by atoms with Crippen molar-refractivity contribution in [3.8, 4) is 0 Å². The molecule has 0 unspecified atom stereocenters. The van der Waals surface area contributed by atoms with Crippen LogP contribution in [-0.4, -0.2) is 36.5 Å². The molecule has 0 N–H and O–H groups in total. The van der Waals surface area contributed by atoms with E-state index in [0.717, 1.165) is 12.2 Å². The van der Waals surface area contributed by atoms with Crippen LogP contribution >= 0.6 is 0 Å². The summed E-state index contributed by atoms with van der Waals surface area (Å²) in [4.78, 5) is 21.0. The molecule has 10 heteroatoms. The van der Waals surface area contributed by atoms with E-state index in [-0.39, 0.29) is 12.8 Å². The van der Waals surface area contributed by atoms with Crippen LogP contribution < -0.4 is 0 Å². The van der Waals surface area contributed by atoms with Crippen LogP contribution in [0.25, 0.3) is 0 Å². The molecular weight excluding hydrogens is 298 g/mol. The summed E-state index contributed by atoms with van der Waals surface area (Å²) in [5.74, 6) is -4.78. The van der Waals surface area contributed by atoms with Gasteiger partial charge in [-0.3, -0.25) is 0 Å². The highest BCUT2D eigenvalue weighted by molar-refractivity contribution is 5.76. The van der Waals surface area contributed by atoms with Gasteiger partial charge >= 0.3 is 24.3 Å². The van der Waals surface area contributed by atoms with Gasteiger partial charge in [0.1, 0.15) is 12.2 Å². The SMILES string of the molecule is O=C(O[C@@H]1C=C[C@@H](OC(=O)C(F)(F)F)CC1)C(F)(F)F. The number of halogens is 6. The van der Waals surface area contributed by atoms with Crippen molar-refractivity contribution in [2.24, 2.45) is 0 Å². The third-order valence-electron chi connectivity index (χ3n) is 2.26. The van der Waals surface area contributed by atoms with Crippen molar-refractivity contribution in [1.29, 1.82) is 0 Å². The second-order valence-corrected chi connectivity index (χ2v) is 3.85. The molecule has 0 spiro atoms. The molecule has 0 amide bonds. The average molecular weight is 306 g/mol. The lowest BCUT2D eigenvalue weighted by Crippen LogP contribution is -2.33. The van der Waals surface area contributed by atoms with Crippen molar-refractivity contribution in [2.75, 3.05) is 0 Å². The van der Waals surface area contributed by atoms with Gasteiger partial charge in [-0.25, -0.2) is 9.59 Å². The number of carbonyl (C=O) groups is 2. The van der Waals surface area contributed by atoms with Crippen molar-refractivity contribution in [3.05, 3.63) is 12.2 Å². The summed E-state index contributed by atoms with van der Waals surface area (Å²) in [5.41, 5.74) is 0. The molecule has 0 fully saturated rings. The molecule has 4 nitrogen and oxygen atoms in total. The lowest BCUT2D eigenvalue weighted by Gasteiger charge is -2.23. The van der Waals surface area contributed by atoms with Gasteiger partial charge in [-0.1, -0.05) is 0 Å². The van der Waals surface area contributed by atoms with E-state index in [1.807, 2.05) is 0 Å². The second kappa shape index (κ2) is 5.71. The Balaban J connectivity index is 2.50. The molecule has 20 heavy (non-hydrogen) atoms. The van der Waals surface area contributed by atoms with E-state index < -0.39 is 36.5 Å². The van der Waals surface area contributed by atoms with E-state index >= 15 is 0 Å². The summed E-state index contributed by atoms with van der Waals surface area (Å²) in [6, 6.07) is 0. The first kappa shape index (κ1) is 16.3. The van der Waals surface area contributed by atoms with Crippen LogP contribution in [0.15, 0.2) is 12.2 Å². The molecule has 0 aliphatic heterocycles. The zero-order valence-electron chi connectivity index (χ0n) is 9.62. The third kappa shape index (κ3) is 4.74. The zero-order chi connectivity index (χ0) is 15.6. The summed E-state index contributed by atoms with van der Waals surface area (Å²) >= 11 is 0. The maximum Gasteiger partial charge on any atom is 0.490 e. The van der Waals surface area contributed by atoms with Crippen LogP contribution in [0.4, 0.5) is 26.3 Å². The number of rotatable bonds is 2. The monoisotopic (exact) mass is 306 g/mol. The summed E-state index contributed by atoms with van der Waals surface area (Å²) in [5, 5.41) is 0. The Hall–Kier alpha value is -1.74. The lowest BCUT2D eigenvalue weighted by molar-refractivity contribution is -0.206. The van der Waals surface area contributed by atoms with Gasteiger partial charge in [0.2, 0.25) is 0 Å². The van der Waals surface area contributed by atoms with Gasteiger partial charge in [-0.2, -0.15) is 26.3 Å². The van der Waals surface area contributed by atoms with E-state index in [1.54, 1.807) is 0 Å². The molecule has 0 radical (unpaired) electrons. The molecule has 0 aromatic rings. The highest BCUT2D eigenvalue weighted by atomic mass is 19.4. The molecular formula is C10H8F6O4. The Morgan fingerprint density at radius 3 is 1.30 bits per heavy atom. The number of esters is 2. The molecule has 0 aromatic heterocycles. The van der Waals surface area contributed by atoms with Crippen LogP contribution in [0.1, 0.15) is 12.8 Å². The number of hydrogen-bond acceptors (Lipinski definition) is 4. The fourth-order valence-electron chi connectivity index (χ4n) is 1.37. The Kier molecular flexibility index (Phi) is 4.66. The predicted octanol–water partition coefficient (Wildman–Crippen LogP) is 2.28. The first-order valence-electron chi connectivity index (χ1n) is 5.24. The van der Waals surface area contributed by atoms with E-state index in [2.05, 4.69) is 9.47 Å². The highest BCUT2D eigenvalue weighted by Gasteiger charge is 2.44. The van der Waals surface area contributed by atoms with Gasteiger partial charge < -0.3 is 9.47 Å². The molecule has 0 saturated heterocycles. The average Bonchev–Trinajstić information content (AvgIpc) is 2.29. The minimum Gasteiger partial charge on any atom is -0.451 e. The number of hydrogen-bond donors (Lipinski definition) is 0. The number of alkyl halides is 6. The fraction of sp³-hybridized carbons (Fsp3) is 0.600. The van der Waals surface area contributed by atoms with E-state index in [1.165, 1.54) is 0 Å². The van der Waals surface area contributed by atoms with Gasteiger partial charge in [0.25, 0.3) is 0 Å². The fourth-order valence-corrected chi connectivity index (χ4v) is 1.37. The van der Waals surface area contributed by atoms with Gasteiger partial charge in [-0.05, 0) is 25.0 Å². The lowest BCUT2D eigenvalue weighted by atomic mass is 10.0. The molecule has 1 rings (SSSR count). The molecule has 0 saturated carbocycles. The zero-order valence-corrected chi connectivity index (χ0v) is 9.62. The Morgan fingerprint density at radius 2 is 1.10 bits per heavy atom. The predicted molar refractivity (Wildman–Crippen MR) is 50.2 cm³/mol. The van der Waals surface area contributed by atoms with E-state index in [9.17, 15) is 35.9 Å². The smallest absolute Gasteiger partial charge is 0.451 e. The maximum absolute atomic E-state index is 11.9. The quantitative estimate of drug-likeness (QED) is 0.446. The first-order valence-corrected chi connectivity index (χ1v) is 5.24. The van der Waals surface area contributed by atoms with Crippen molar-refractivity contribution in [2.45, 2.75) is 37.4 Å². The summed E-state index contributed by atoms with van der Waals surface area (Å²) in [6.07, 6.45) is -11.2.